The molecule has 0 bridgehead atoms. The Morgan fingerprint density at radius 1 is 1.25 bits per heavy atom. The zero-order chi connectivity index (χ0) is 22.3. The van der Waals surface area contributed by atoms with E-state index in [-0.39, 0.29) is 23.3 Å². The summed E-state index contributed by atoms with van der Waals surface area (Å²) in [7, 11) is 0. The minimum absolute atomic E-state index is 0.00239. The Kier molecular flexibility index (Phi) is 5.00. The van der Waals surface area contributed by atoms with Crippen LogP contribution in [0.3, 0.4) is 0 Å². The van der Waals surface area contributed by atoms with Gasteiger partial charge in [0.15, 0.2) is 0 Å². The Morgan fingerprint density at radius 2 is 2.09 bits per heavy atom. The van der Waals surface area contributed by atoms with E-state index in [2.05, 4.69) is 17.1 Å². The van der Waals surface area contributed by atoms with Gasteiger partial charge >= 0.3 is 6.03 Å². The average Bonchev–Trinajstić information content (AvgIpc) is 3.56. The fraction of sp³-hybridized carbons (Fsp3) is 0.375. The lowest BCUT2D eigenvalue weighted by atomic mass is 9.83. The van der Waals surface area contributed by atoms with Crippen molar-refractivity contribution in [2.75, 3.05) is 13.1 Å². The molecule has 1 saturated carbocycles. The molecule has 3 aromatic rings. The third-order valence-electron chi connectivity index (χ3n) is 6.72. The number of ether oxygens (including phenoxy) is 1. The van der Waals surface area contributed by atoms with E-state index in [1.165, 1.54) is 4.68 Å². The summed E-state index contributed by atoms with van der Waals surface area (Å²) in [4.78, 5) is 14.8. The number of carbonyl (C=O) groups is 1. The van der Waals surface area contributed by atoms with E-state index < -0.39 is 0 Å². The van der Waals surface area contributed by atoms with Crippen molar-refractivity contribution in [3.8, 4) is 11.4 Å². The molecular formula is C24H27N5O3. The molecule has 1 saturated heterocycles. The summed E-state index contributed by atoms with van der Waals surface area (Å²) in [5, 5.41) is 18.4. The van der Waals surface area contributed by atoms with Crippen LogP contribution in [0.2, 0.25) is 0 Å². The van der Waals surface area contributed by atoms with E-state index in [9.17, 15) is 9.90 Å². The van der Waals surface area contributed by atoms with Gasteiger partial charge in [-0.05, 0) is 61.4 Å². The highest BCUT2D eigenvalue weighted by Gasteiger charge is 2.52. The van der Waals surface area contributed by atoms with Gasteiger partial charge in [-0.3, -0.25) is 0 Å². The quantitative estimate of drug-likeness (QED) is 0.625. The number of rotatable bonds is 4. The number of amides is 1. The van der Waals surface area contributed by atoms with Gasteiger partial charge in [-0.2, -0.15) is 14.9 Å². The van der Waals surface area contributed by atoms with E-state index in [4.69, 9.17) is 4.74 Å². The molecule has 2 aliphatic rings. The van der Waals surface area contributed by atoms with Crippen molar-refractivity contribution in [2.24, 2.45) is 11.3 Å². The van der Waals surface area contributed by atoms with Crippen molar-refractivity contribution < 1.29 is 14.6 Å². The summed E-state index contributed by atoms with van der Waals surface area (Å²) in [6.45, 7) is 5.32. The molecule has 8 nitrogen and oxygen atoms in total. The van der Waals surface area contributed by atoms with Crippen LogP contribution < -0.4 is 4.74 Å². The monoisotopic (exact) mass is 433 g/mol. The maximum atomic E-state index is 13.0. The van der Waals surface area contributed by atoms with Crippen LogP contribution in [0.4, 0.5) is 4.79 Å². The van der Waals surface area contributed by atoms with Crippen molar-refractivity contribution in [1.82, 2.24) is 24.5 Å². The molecule has 1 unspecified atom stereocenters. The van der Waals surface area contributed by atoms with Crippen LogP contribution in [0, 0.1) is 11.3 Å². The Morgan fingerprint density at radius 3 is 2.84 bits per heavy atom. The number of carbonyl (C=O) groups excluding carboxylic acids is 1. The molecule has 8 heteroatoms. The number of benzene rings is 1. The number of hydrogen-bond acceptors (Lipinski definition) is 5. The Balaban J connectivity index is 1.26. The molecule has 1 amide bonds. The number of fused-ring (bicyclic) bond motifs is 1. The molecule has 0 spiro atoms. The average molecular weight is 434 g/mol. The van der Waals surface area contributed by atoms with Crippen LogP contribution in [0.1, 0.15) is 32.4 Å². The van der Waals surface area contributed by atoms with E-state index in [1.54, 1.807) is 31.5 Å². The fourth-order valence-corrected chi connectivity index (χ4v) is 5.06. The summed E-state index contributed by atoms with van der Waals surface area (Å²) in [5.74, 6) is 1.26. The van der Waals surface area contributed by atoms with E-state index in [1.807, 2.05) is 46.1 Å². The molecule has 3 heterocycles. The number of hydrogen-bond donors (Lipinski definition) is 1. The molecule has 3 atom stereocenters. The van der Waals surface area contributed by atoms with Gasteiger partial charge in [0.25, 0.3) is 0 Å². The molecule has 1 aromatic carbocycles. The van der Waals surface area contributed by atoms with Crippen molar-refractivity contribution in [3.05, 3.63) is 66.8 Å². The van der Waals surface area contributed by atoms with Crippen LogP contribution in [0.5, 0.6) is 5.75 Å². The minimum atomic E-state index is -0.155. The fourth-order valence-electron chi connectivity index (χ4n) is 5.06. The molecule has 32 heavy (non-hydrogen) atoms. The molecule has 1 aliphatic heterocycles. The predicted molar refractivity (Wildman–Crippen MR) is 120 cm³/mol. The SMILES string of the molecule is C/C=C(/O)c1ccn(C(=O)N2C[C@@H]3C[C@@H](Oc4ccccc4-n4cccn4)CC3(C)C2)n1. The summed E-state index contributed by atoms with van der Waals surface area (Å²) >= 11 is 0. The third kappa shape index (κ3) is 3.55. The van der Waals surface area contributed by atoms with Crippen LogP contribution in [0.25, 0.3) is 11.4 Å². The topological polar surface area (TPSA) is 85.4 Å². The predicted octanol–water partition coefficient (Wildman–Crippen LogP) is 4.14. The number of para-hydroxylation sites is 2. The van der Waals surface area contributed by atoms with Crippen LogP contribution in [0.15, 0.2) is 61.1 Å². The maximum Gasteiger partial charge on any atom is 0.344 e. The second-order valence-corrected chi connectivity index (χ2v) is 8.93. The van der Waals surface area contributed by atoms with Gasteiger partial charge in [0.1, 0.15) is 22.9 Å². The molecule has 5 rings (SSSR count). The third-order valence-corrected chi connectivity index (χ3v) is 6.72. The lowest BCUT2D eigenvalue weighted by Gasteiger charge is -2.24. The molecule has 2 fully saturated rings. The van der Waals surface area contributed by atoms with Crippen LogP contribution in [-0.4, -0.2) is 54.8 Å². The highest BCUT2D eigenvalue weighted by atomic mass is 16.5. The molecule has 166 valence electrons. The number of likely N-dealkylation sites (tertiary alicyclic amines) is 1. The summed E-state index contributed by atoms with van der Waals surface area (Å²) in [5.41, 5.74) is 1.33. The lowest BCUT2D eigenvalue weighted by molar-refractivity contribution is 0.167. The first kappa shape index (κ1) is 20.4. The number of aromatic nitrogens is 4. The van der Waals surface area contributed by atoms with Gasteiger partial charge in [0.2, 0.25) is 0 Å². The van der Waals surface area contributed by atoms with Gasteiger partial charge in [-0.15, -0.1) is 0 Å². The molecule has 0 radical (unpaired) electrons. The summed E-state index contributed by atoms with van der Waals surface area (Å²) in [6.07, 6.45) is 8.71. The standard InChI is InChI=1S/C24H27N5O3/c1-3-21(30)19-9-12-29(26-19)23(31)27-15-17-13-18(14-24(17,2)16-27)32-22-8-5-4-7-20(22)28-11-6-10-25-28/h3-12,17-18,30H,13-16H2,1-2H3/b21-3+/t17-,18+,24?/m0/s1. The summed E-state index contributed by atoms with van der Waals surface area (Å²) < 4.78 is 9.57. The Hall–Kier alpha value is -3.55. The number of nitrogens with zero attached hydrogens (tertiary/aromatic N) is 5. The van der Waals surface area contributed by atoms with Crippen LogP contribution in [-0.2, 0) is 0 Å². The second kappa shape index (κ2) is 7.85. The minimum Gasteiger partial charge on any atom is -0.506 e. The van der Waals surface area contributed by atoms with Gasteiger partial charge in [0, 0.05) is 31.7 Å². The van der Waals surface area contributed by atoms with Gasteiger partial charge in [-0.25, -0.2) is 9.48 Å². The summed E-state index contributed by atoms with van der Waals surface area (Å²) in [6, 6.07) is 11.3. The van der Waals surface area contributed by atoms with Crippen molar-refractivity contribution in [2.45, 2.75) is 32.8 Å². The maximum absolute atomic E-state index is 13.0. The first-order valence-electron chi connectivity index (χ1n) is 10.9. The number of aliphatic hydroxyl groups is 1. The van der Waals surface area contributed by atoms with Gasteiger partial charge < -0.3 is 14.7 Å². The molecule has 1 aliphatic carbocycles. The van der Waals surface area contributed by atoms with Gasteiger partial charge in [-0.1, -0.05) is 19.1 Å². The van der Waals surface area contributed by atoms with E-state index in [0.29, 0.717) is 24.7 Å². The number of aliphatic hydroxyl groups excluding tert-OH is 1. The molecule has 1 N–H and O–H groups in total. The molecule has 2 aromatic heterocycles. The first-order valence-corrected chi connectivity index (χ1v) is 10.9. The highest BCUT2D eigenvalue weighted by molar-refractivity contribution is 5.77. The molecular weight excluding hydrogens is 406 g/mol. The normalized spacial score (nSPS) is 25.2. The van der Waals surface area contributed by atoms with Gasteiger partial charge in [0.05, 0.1) is 6.10 Å². The largest absolute Gasteiger partial charge is 0.506 e. The smallest absolute Gasteiger partial charge is 0.344 e. The highest BCUT2D eigenvalue weighted by Crippen LogP contribution is 2.49. The van der Waals surface area contributed by atoms with E-state index >= 15 is 0 Å². The van der Waals surface area contributed by atoms with Crippen LogP contribution >= 0.6 is 0 Å². The first-order chi connectivity index (χ1) is 15.5. The van der Waals surface area contributed by atoms with Crippen molar-refractivity contribution in [3.63, 3.8) is 0 Å². The van der Waals surface area contributed by atoms with Crippen molar-refractivity contribution in [1.29, 1.82) is 0 Å². The van der Waals surface area contributed by atoms with Crippen molar-refractivity contribution >= 4 is 11.8 Å². The Bertz CT molecular complexity index is 1150. The zero-order valence-corrected chi connectivity index (χ0v) is 18.3. The lowest BCUT2D eigenvalue weighted by Crippen LogP contribution is -2.36. The second-order valence-electron chi connectivity index (χ2n) is 8.93. The number of allylic oxidation sites excluding steroid dienone is 1. The zero-order valence-electron chi connectivity index (χ0n) is 18.3. The van der Waals surface area contributed by atoms with E-state index in [0.717, 1.165) is 24.3 Å². The Labute approximate surface area is 186 Å².